The molecule has 0 unspecified atom stereocenters. The van der Waals surface area contributed by atoms with Crippen molar-refractivity contribution < 1.29 is 9.72 Å². The van der Waals surface area contributed by atoms with Gasteiger partial charge in [0.15, 0.2) is 5.78 Å². The molecule has 0 atom stereocenters. The van der Waals surface area contributed by atoms with Crippen molar-refractivity contribution in [3.63, 3.8) is 0 Å². The number of para-hydroxylation sites is 1. The molecular formula is C13H14N2O3. The summed E-state index contributed by atoms with van der Waals surface area (Å²) < 4.78 is 0. The Kier molecular flexibility index (Phi) is 2.69. The molecule has 1 heterocycles. The van der Waals surface area contributed by atoms with Crippen LogP contribution in [0.1, 0.15) is 31.1 Å². The number of nitrogens with zero attached hydrogens (tertiary/aromatic N) is 1. The summed E-state index contributed by atoms with van der Waals surface area (Å²) in [5.41, 5.74) is 0.372. The van der Waals surface area contributed by atoms with Gasteiger partial charge >= 0.3 is 0 Å². The Hall–Kier alpha value is -2.17. The molecule has 2 rings (SSSR count). The number of hydrogen-bond acceptors (Lipinski definition) is 3. The van der Waals surface area contributed by atoms with Gasteiger partial charge in [-0.1, -0.05) is 32.9 Å². The van der Waals surface area contributed by atoms with E-state index in [1.165, 1.54) is 6.07 Å². The SMILES string of the molecule is CC(C)(C)C(=O)c1c[nH]c2c([N+](=O)[O-])cccc12. The Bertz CT molecular complexity index is 635. The second-order valence-electron chi connectivity index (χ2n) is 5.24. The molecule has 1 aromatic carbocycles. The van der Waals surface area contributed by atoms with Gasteiger partial charge in [0.05, 0.1) is 4.92 Å². The first-order chi connectivity index (χ1) is 8.32. The number of rotatable bonds is 2. The number of Topliss-reactive ketones (excluding diaryl/α,β-unsaturated/α-hetero) is 1. The molecule has 18 heavy (non-hydrogen) atoms. The number of carbonyl (C=O) groups excluding carboxylic acids is 1. The fourth-order valence-electron chi connectivity index (χ4n) is 1.88. The fraction of sp³-hybridized carbons (Fsp3) is 0.308. The minimum Gasteiger partial charge on any atom is -0.355 e. The van der Waals surface area contributed by atoms with Gasteiger partial charge in [0.2, 0.25) is 0 Å². The average Bonchev–Trinajstić information content (AvgIpc) is 2.69. The molecule has 0 aliphatic rings. The van der Waals surface area contributed by atoms with Crippen LogP contribution < -0.4 is 0 Å². The third-order valence-electron chi connectivity index (χ3n) is 2.82. The number of hydrogen-bond donors (Lipinski definition) is 1. The molecule has 0 aliphatic carbocycles. The molecule has 0 radical (unpaired) electrons. The second kappa shape index (κ2) is 3.94. The van der Waals surface area contributed by atoms with E-state index in [0.29, 0.717) is 16.5 Å². The highest BCUT2D eigenvalue weighted by Crippen LogP contribution is 2.30. The third-order valence-corrected chi connectivity index (χ3v) is 2.82. The van der Waals surface area contributed by atoms with Gasteiger partial charge in [-0.05, 0) is 0 Å². The zero-order valence-corrected chi connectivity index (χ0v) is 10.5. The first kappa shape index (κ1) is 12.3. The summed E-state index contributed by atoms with van der Waals surface area (Å²) in [4.78, 5) is 25.5. The van der Waals surface area contributed by atoms with E-state index in [2.05, 4.69) is 4.98 Å². The van der Waals surface area contributed by atoms with Gasteiger partial charge in [-0.2, -0.15) is 0 Å². The molecule has 0 saturated carbocycles. The first-order valence-corrected chi connectivity index (χ1v) is 5.61. The summed E-state index contributed by atoms with van der Waals surface area (Å²) >= 11 is 0. The maximum Gasteiger partial charge on any atom is 0.293 e. The summed E-state index contributed by atoms with van der Waals surface area (Å²) in [6.07, 6.45) is 1.55. The Morgan fingerprint density at radius 2 is 2.00 bits per heavy atom. The lowest BCUT2D eigenvalue weighted by Crippen LogP contribution is -2.19. The number of H-pyrrole nitrogens is 1. The number of benzene rings is 1. The van der Waals surface area contributed by atoms with E-state index in [4.69, 9.17) is 0 Å². The molecule has 0 amide bonds. The fourth-order valence-corrected chi connectivity index (χ4v) is 1.88. The van der Waals surface area contributed by atoms with Crippen LogP contribution in [0.4, 0.5) is 5.69 Å². The van der Waals surface area contributed by atoms with E-state index < -0.39 is 10.3 Å². The van der Waals surface area contributed by atoms with Crippen LogP contribution in [0.3, 0.4) is 0 Å². The molecule has 0 aliphatic heterocycles. The number of ketones is 1. The minimum atomic E-state index is -0.514. The summed E-state index contributed by atoms with van der Waals surface area (Å²) in [6.45, 7) is 5.47. The van der Waals surface area contributed by atoms with Crippen molar-refractivity contribution in [3.8, 4) is 0 Å². The molecule has 0 bridgehead atoms. The Labute approximate surface area is 104 Å². The van der Waals surface area contributed by atoms with Crippen LogP contribution in [0, 0.1) is 15.5 Å². The van der Waals surface area contributed by atoms with Crippen LogP contribution in [-0.4, -0.2) is 15.7 Å². The van der Waals surface area contributed by atoms with Gasteiger partial charge < -0.3 is 4.98 Å². The highest BCUT2D eigenvalue weighted by Gasteiger charge is 2.26. The maximum absolute atomic E-state index is 12.2. The lowest BCUT2D eigenvalue weighted by molar-refractivity contribution is -0.383. The molecule has 5 heteroatoms. The van der Waals surface area contributed by atoms with E-state index in [9.17, 15) is 14.9 Å². The Morgan fingerprint density at radius 3 is 2.56 bits per heavy atom. The van der Waals surface area contributed by atoms with Crippen LogP contribution in [0.25, 0.3) is 10.9 Å². The van der Waals surface area contributed by atoms with Crippen LogP contribution in [0.5, 0.6) is 0 Å². The lowest BCUT2D eigenvalue weighted by atomic mass is 9.86. The topological polar surface area (TPSA) is 76.0 Å². The van der Waals surface area contributed by atoms with Crippen LogP contribution >= 0.6 is 0 Å². The lowest BCUT2D eigenvalue weighted by Gasteiger charge is -2.15. The highest BCUT2D eigenvalue weighted by atomic mass is 16.6. The van der Waals surface area contributed by atoms with E-state index in [0.717, 1.165) is 0 Å². The van der Waals surface area contributed by atoms with Gasteiger partial charge in [-0.15, -0.1) is 0 Å². The number of nitro groups is 1. The molecule has 0 fully saturated rings. The standard InChI is InChI=1S/C13H14N2O3/c1-13(2,3)12(16)9-7-14-11-8(9)5-4-6-10(11)15(17)18/h4-7,14H,1-3H3. The molecular weight excluding hydrogens is 232 g/mol. The maximum atomic E-state index is 12.2. The van der Waals surface area contributed by atoms with E-state index in [1.54, 1.807) is 18.3 Å². The molecule has 0 saturated heterocycles. The average molecular weight is 246 g/mol. The van der Waals surface area contributed by atoms with E-state index in [-0.39, 0.29) is 11.5 Å². The third kappa shape index (κ3) is 1.88. The second-order valence-corrected chi connectivity index (χ2v) is 5.24. The summed E-state index contributed by atoms with van der Waals surface area (Å²) in [6, 6.07) is 4.73. The van der Waals surface area contributed by atoms with Gasteiger partial charge in [-0.3, -0.25) is 14.9 Å². The van der Waals surface area contributed by atoms with E-state index >= 15 is 0 Å². The van der Waals surface area contributed by atoms with Crippen molar-refractivity contribution in [1.82, 2.24) is 4.98 Å². The van der Waals surface area contributed by atoms with Crippen LogP contribution in [0.2, 0.25) is 0 Å². The smallest absolute Gasteiger partial charge is 0.293 e. The molecule has 0 spiro atoms. The van der Waals surface area contributed by atoms with Crippen molar-refractivity contribution in [1.29, 1.82) is 0 Å². The van der Waals surface area contributed by atoms with Crippen LogP contribution in [-0.2, 0) is 0 Å². The number of aromatic amines is 1. The minimum absolute atomic E-state index is 0.0135. The van der Waals surface area contributed by atoms with Crippen molar-refractivity contribution in [2.75, 3.05) is 0 Å². The number of carbonyl (C=O) groups is 1. The normalized spacial score (nSPS) is 11.7. The quantitative estimate of drug-likeness (QED) is 0.501. The number of aromatic nitrogens is 1. The van der Waals surface area contributed by atoms with Crippen molar-refractivity contribution in [2.45, 2.75) is 20.8 Å². The molecule has 94 valence electrons. The predicted octanol–water partition coefficient (Wildman–Crippen LogP) is 3.30. The monoisotopic (exact) mass is 246 g/mol. The summed E-state index contributed by atoms with van der Waals surface area (Å²) in [5.74, 6) is -0.0331. The number of nitro benzene ring substituents is 1. The Balaban J connectivity index is 2.67. The van der Waals surface area contributed by atoms with Crippen molar-refractivity contribution in [3.05, 3.63) is 40.1 Å². The molecule has 1 aromatic heterocycles. The van der Waals surface area contributed by atoms with E-state index in [1.807, 2.05) is 20.8 Å². The largest absolute Gasteiger partial charge is 0.355 e. The number of fused-ring (bicyclic) bond motifs is 1. The number of non-ortho nitro benzene ring substituents is 1. The highest BCUT2D eigenvalue weighted by molar-refractivity contribution is 6.11. The summed E-state index contributed by atoms with van der Waals surface area (Å²) in [7, 11) is 0. The molecule has 5 nitrogen and oxygen atoms in total. The molecule has 2 aromatic rings. The van der Waals surface area contributed by atoms with Gasteiger partial charge in [0.25, 0.3) is 5.69 Å². The first-order valence-electron chi connectivity index (χ1n) is 5.61. The van der Waals surface area contributed by atoms with Crippen LogP contribution in [0.15, 0.2) is 24.4 Å². The Morgan fingerprint density at radius 1 is 1.33 bits per heavy atom. The van der Waals surface area contributed by atoms with Gasteiger partial charge in [0.1, 0.15) is 5.52 Å². The van der Waals surface area contributed by atoms with Crippen molar-refractivity contribution in [2.24, 2.45) is 5.41 Å². The zero-order valence-electron chi connectivity index (χ0n) is 10.5. The zero-order chi connectivity index (χ0) is 13.5. The number of nitrogens with one attached hydrogen (secondary N) is 1. The predicted molar refractivity (Wildman–Crippen MR) is 68.7 cm³/mol. The van der Waals surface area contributed by atoms with Gasteiger partial charge in [0, 0.05) is 28.6 Å². The summed E-state index contributed by atoms with van der Waals surface area (Å²) in [5, 5.41) is 11.5. The van der Waals surface area contributed by atoms with Gasteiger partial charge in [-0.25, -0.2) is 0 Å². The van der Waals surface area contributed by atoms with Crippen molar-refractivity contribution >= 4 is 22.4 Å². The molecule has 1 N–H and O–H groups in total.